The molecule has 0 aromatic heterocycles. The maximum atomic E-state index is 12.9. The molecule has 6 heteroatoms. The van der Waals surface area contributed by atoms with Crippen molar-refractivity contribution in [3.8, 4) is 17.2 Å². The van der Waals surface area contributed by atoms with Crippen molar-refractivity contribution in [1.29, 1.82) is 0 Å². The molecule has 0 saturated carbocycles. The van der Waals surface area contributed by atoms with Gasteiger partial charge in [-0.25, -0.2) is 4.39 Å². The van der Waals surface area contributed by atoms with Crippen LogP contribution in [0.15, 0.2) is 42.5 Å². The van der Waals surface area contributed by atoms with Gasteiger partial charge in [-0.1, -0.05) is 6.07 Å². The van der Waals surface area contributed by atoms with Gasteiger partial charge in [-0.15, -0.1) is 0 Å². The molecule has 5 nitrogen and oxygen atoms in total. The summed E-state index contributed by atoms with van der Waals surface area (Å²) in [6.45, 7) is 4.58. The molecule has 0 unspecified atom stereocenters. The molecule has 3 rings (SSSR count). The number of benzene rings is 2. The van der Waals surface area contributed by atoms with E-state index < -0.39 is 6.10 Å². The Morgan fingerprint density at radius 1 is 1.08 bits per heavy atom. The van der Waals surface area contributed by atoms with Crippen molar-refractivity contribution in [1.82, 2.24) is 5.32 Å². The summed E-state index contributed by atoms with van der Waals surface area (Å²) < 4.78 is 29.5. The summed E-state index contributed by atoms with van der Waals surface area (Å²) in [5.41, 5.74) is 0.909. The van der Waals surface area contributed by atoms with E-state index in [1.54, 1.807) is 6.92 Å². The van der Waals surface area contributed by atoms with Crippen LogP contribution in [0.4, 0.5) is 4.39 Å². The van der Waals surface area contributed by atoms with Gasteiger partial charge in [0.1, 0.15) is 24.8 Å². The molecule has 0 spiro atoms. The predicted octanol–water partition coefficient (Wildman–Crippen LogP) is 3.24. The van der Waals surface area contributed by atoms with E-state index in [-0.39, 0.29) is 17.8 Å². The third-order valence-corrected chi connectivity index (χ3v) is 3.92. The van der Waals surface area contributed by atoms with Crippen LogP contribution in [-0.4, -0.2) is 25.2 Å². The molecule has 2 atom stereocenters. The monoisotopic (exact) mass is 345 g/mol. The first-order chi connectivity index (χ1) is 12.0. The fraction of sp³-hybridized carbons (Fsp3) is 0.316. The number of hydrogen-bond donors (Lipinski definition) is 1. The molecule has 1 heterocycles. The van der Waals surface area contributed by atoms with Crippen LogP contribution in [0, 0.1) is 5.82 Å². The number of carbonyl (C=O) groups excluding carboxylic acids is 1. The van der Waals surface area contributed by atoms with Crippen LogP contribution in [-0.2, 0) is 4.79 Å². The van der Waals surface area contributed by atoms with Gasteiger partial charge in [-0.3, -0.25) is 4.79 Å². The molecule has 0 aliphatic carbocycles. The van der Waals surface area contributed by atoms with E-state index in [1.807, 2.05) is 25.1 Å². The maximum absolute atomic E-state index is 12.9. The average molecular weight is 345 g/mol. The number of carbonyl (C=O) groups is 1. The van der Waals surface area contributed by atoms with Gasteiger partial charge in [-0.2, -0.15) is 0 Å². The van der Waals surface area contributed by atoms with Crippen molar-refractivity contribution in [3.63, 3.8) is 0 Å². The second kappa shape index (κ2) is 7.42. The number of fused-ring (bicyclic) bond motifs is 1. The fourth-order valence-corrected chi connectivity index (χ4v) is 2.51. The number of amides is 1. The van der Waals surface area contributed by atoms with Crippen LogP contribution in [0.1, 0.15) is 25.5 Å². The fourth-order valence-electron chi connectivity index (χ4n) is 2.51. The van der Waals surface area contributed by atoms with E-state index in [1.165, 1.54) is 24.3 Å². The first kappa shape index (κ1) is 17.1. The molecule has 132 valence electrons. The van der Waals surface area contributed by atoms with Crippen molar-refractivity contribution in [2.45, 2.75) is 26.0 Å². The number of rotatable bonds is 5. The zero-order valence-electron chi connectivity index (χ0n) is 14.1. The molecule has 0 saturated heterocycles. The van der Waals surface area contributed by atoms with Crippen LogP contribution in [0.2, 0.25) is 0 Å². The summed E-state index contributed by atoms with van der Waals surface area (Å²) >= 11 is 0. The Balaban J connectivity index is 1.60. The summed E-state index contributed by atoms with van der Waals surface area (Å²) in [5.74, 6) is 1.22. The van der Waals surface area contributed by atoms with Crippen molar-refractivity contribution in [2.75, 3.05) is 13.2 Å². The molecular weight excluding hydrogens is 325 g/mol. The molecule has 0 fully saturated rings. The van der Waals surface area contributed by atoms with Crippen LogP contribution >= 0.6 is 0 Å². The Kier molecular flexibility index (Phi) is 5.07. The zero-order chi connectivity index (χ0) is 17.8. The number of hydrogen-bond acceptors (Lipinski definition) is 4. The smallest absolute Gasteiger partial charge is 0.261 e. The standard InChI is InChI=1S/C19H20FNO4/c1-12(14-3-8-17-18(11-14)24-10-9-23-17)21-19(22)13(2)25-16-6-4-15(20)5-7-16/h3-8,11-13H,9-10H2,1-2H3,(H,21,22)/t12-,13+/m0/s1. The van der Waals surface area contributed by atoms with Crippen molar-refractivity contribution < 1.29 is 23.4 Å². The lowest BCUT2D eigenvalue weighted by Crippen LogP contribution is -2.37. The molecule has 1 N–H and O–H groups in total. The topological polar surface area (TPSA) is 56.8 Å². The lowest BCUT2D eigenvalue weighted by Gasteiger charge is -2.22. The highest BCUT2D eigenvalue weighted by molar-refractivity contribution is 5.81. The van der Waals surface area contributed by atoms with Crippen LogP contribution in [0.5, 0.6) is 17.2 Å². The number of nitrogens with one attached hydrogen (secondary N) is 1. The summed E-state index contributed by atoms with van der Waals surface area (Å²) in [7, 11) is 0. The minimum atomic E-state index is -0.704. The lowest BCUT2D eigenvalue weighted by molar-refractivity contribution is -0.127. The van der Waals surface area contributed by atoms with E-state index in [0.29, 0.717) is 30.5 Å². The highest BCUT2D eigenvalue weighted by Crippen LogP contribution is 2.32. The normalized spacial score (nSPS) is 15.2. The van der Waals surface area contributed by atoms with Gasteiger partial charge in [0, 0.05) is 0 Å². The van der Waals surface area contributed by atoms with E-state index in [0.717, 1.165) is 5.56 Å². The minimum Gasteiger partial charge on any atom is -0.486 e. The van der Waals surface area contributed by atoms with E-state index in [2.05, 4.69) is 5.32 Å². The van der Waals surface area contributed by atoms with Crippen molar-refractivity contribution in [3.05, 3.63) is 53.8 Å². The SMILES string of the molecule is C[C@H](NC(=O)[C@@H](C)Oc1ccc(F)cc1)c1ccc2c(c1)OCCO2. The van der Waals surface area contributed by atoms with Crippen LogP contribution in [0.3, 0.4) is 0 Å². The van der Waals surface area contributed by atoms with Gasteiger partial charge in [0.15, 0.2) is 17.6 Å². The largest absolute Gasteiger partial charge is 0.486 e. The Morgan fingerprint density at radius 3 is 2.48 bits per heavy atom. The van der Waals surface area contributed by atoms with Gasteiger partial charge in [0.25, 0.3) is 5.91 Å². The third-order valence-electron chi connectivity index (χ3n) is 3.92. The van der Waals surface area contributed by atoms with E-state index >= 15 is 0 Å². The number of ether oxygens (including phenoxy) is 3. The minimum absolute atomic E-state index is 0.220. The molecule has 1 aliphatic heterocycles. The first-order valence-corrected chi connectivity index (χ1v) is 8.15. The molecule has 0 radical (unpaired) electrons. The summed E-state index contributed by atoms with van der Waals surface area (Å²) in [5, 5.41) is 2.90. The summed E-state index contributed by atoms with van der Waals surface area (Å²) in [6, 6.07) is 10.9. The van der Waals surface area contributed by atoms with Gasteiger partial charge in [0.2, 0.25) is 0 Å². The summed E-state index contributed by atoms with van der Waals surface area (Å²) in [4.78, 5) is 12.3. The van der Waals surface area contributed by atoms with Gasteiger partial charge in [0.05, 0.1) is 6.04 Å². The third kappa shape index (κ3) is 4.21. The molecule has 0 bridgehead atoms. The second-order valence-electron chi connectivity index (χ2n) is 5.85. The predicted molar refractivity (Wildman–Crippen MR) is 90.5 cm³/mol. The lowest BCUT2D eigenvalue weighted by atomic mass is 10.1. The Labute approximate surface area is 145 Å². The molecule has 2 aromatic rings. The molecule has 2 aromatic carbocycles. The summed E-state index contributed by atoms with van der Waals surface area (Å²) in [6.07, 6.45) is -0.704. The highest BCUT2D eigenvalue weighted by atomic mass is 19.1. The van der Waals surface area contributed by atoms with Gasteiger partial charge < -0.3 is 19.5 Å². The van der Waals surface area contributed by atoms with E-state index in [4.69, 9.17) is 14.2 Å². The van der Waals surface area contributed by atoms with Crippen LogP contribution < -0.4 is 19.5 Å². The Hall–Kier alpha value is -2.76. The molecule has 1 amide bonds. The molecule has 1 aliphatic rings. The quantitative estimate of drug-likeness (QED) is 0.904. The first-order valence-electron chi connectivity index (χ1n) is 8.15. The zero-order valence-corrected chi connectivity index (χ0v) is 14.1. The van der Waals surface area contributed by atoms with Crippen molar-refractivity contribution in [2.24, 2.45) is 0 Å². The van der Waals surface area contributed by atoms with Crippen LogP contribution in [0.25, 0.3) is 0 Å². The van der Waals surface area contributed by atoms with Gasteiger partial charge >= 0.3 is 0 Å². The van der Waals surface area contributed by atoms with E-state index in [9.17, 15) is 9.18 Å². The molecule has 25 heavy (non-hydrogen) atoms. The Morgan fingerprint density at radius 2 is 1.76 bits per heavy atom. The Bertz CT molecular complexity index is 748. The second-order valence-corrected chi connectivity index (χ2v) is 5.85. The number of halogens is 1. The average Bonchev–Trinajstić information content (AvgIpc) is 2.63. The van der Waals surface area contributed by atoms with Gasteiger partial charge in [-0.05, 0) is 55.8 Å². The highest BCUT2D eigenvalue weighted by Gasteiger charge is 2.19. The van der Waals surface area contributed by atoms with Crippen molar-refractivity contribution >= 4 is 5.91 Å². The maximum Gasteiger partial charge on any atom is 0.261 e. The molecular formula is C19H20FNO4.